The van der Waals surface area contributed by atoms with Crippen molar-refractivity contribution in [3.8, 4) is 5.75 Å². The molecule has 0 saturated carbocycles. The fraction of sp³-hybridized carbons (Fsp3) is 0.462. The number of aryl methyl sites for hydroxylation is 1. The molecular weight excluding hydrogens is 432 g/mol. The zero-order valence-corrected chi connectivity index (χ0v) is 20.5. The Hall–Kier alpha value is -3.26. The molecule has 3 N–H and O–H groups in total. The molecule has 0 aromatic heterocycles. The largest absolute Gasteiger partial charge is 0.492 e. The molecule has 2 aromatic carbocycles. The van der Waals surface area contributed by atoms with Crippen LogP contribution in [0.1, 0.15) is 38.3 Å². The number of carbonyl (C=O) groups excluding carboxylic acids is 2. The van der Waals surface area contributed by atoms with Crippen molar-refractivity contribution in [3.05, 3.63) is 59.7 Å². The third kappa shape index (κ3) is 7.12. The normalized spacial score (nSPS) is 14.1. The molecule has 8 heteroatoms. The molecule has 3 rings (SSSR count). The van der Waals surface area contributed by atoms with E-state index in [0.717, 1.165) is 30.8 Å². The minimum atomic E-state index is -0.741. The molecule has 1 atom stereocenters. The first-order chi connectivity index (χ1) is 16.3. The zero-order chi connectivity index (χ0) is 24.6. The van der Waals surface area contributed by atoms with Crippen LogP contribution in [0.4, 0.5) is 10.5 Å². The predicted molar refractivity (Wildman–Crippen MR) is 133 cm³/mol. The van der Waals surface area contributed by atoms with E-state index in [1.807, 2.05) is 45.0 Å². The SMILES string of the molecule is COC(=O)N[C@@H](C(=O)NNCc1ccc(OCCN2CCCc3ccccc32)cc1)C(C)(C)C. The van der Waals surface area contributed by atoms with Gasteiger partial charge in [0.15, 0.2) is 0 Å². The molecule has 1 aliphatic heterocycles. The summed E-state index contributed by atoms with van der Waals surface area (Å²) >= 11 is 0. The number of para-hydroxylation sites is 1. The second-order valence-corrected chi connectivity index (χ2v) is 9.49. The molecule has 0 spiro atoms. The molecule has 34 heavy (non-hydrogen) atoms. The summed E-state index contributed by atoms with van der Waals surface area (Å²) in [4.78, 5) is 26.5. The standard InChI is InChI=1S/C26H36N4O4/c1-26(2,3)23(28-25(32)33-4)24(31)29-27-18-19-11-13-21(14-12-19)34-17-16-30-15-7-9-20-8-5-6-10-22(20)30/h5-6,8,10-14,23,27H,7,9,15-18H2,1-4H3,(H,28,32)(H,29,31)/t23-/m0/s1. The van der Waals surface area contributed by atoms with E-state index in [2.05, 4.69) is 50.1 Å². The lowest BCUT2D eigenvalue weighted by Gasteiger charge is -2.31. The van der Waals surface area contributed by atoms with Crippen molar-refractivity contribution < 1.29 is 19.1 Å². The number of hydrazine groups is 1. The number of alkyl carbamates (subject to hydrolysis) is 1. The van der Waals surface area contributed by atoms with Crippen molar-refractivity contribution >= 4 is 17.7 Å². The van der Waals surface area contributed by atoms with Crippen molar-refractivity contribution in [3.63, 3.8) is 0 Å². The van der Waals surface area contributed by atoms with Crippen LogP contribution in [0.15, 0.2) is 48.5 Å². The number of rotatable bonds is 9. The Morgan fingerprint density at radius 3 is 2.53 bits per heavy atom. The second-order valence-electron chi connectivity index (χ2n) is 9.49. The van der Waals surface area contributed by atoms with E-state index < -0.39 is 17.6 Å². The van der Waals surface area contributed by atoms with Crippen LogP contribution in [0.5, 0.6) is 5.75 Å². The van der Waals surface area contributed by atoms with E-state index in [4.69, 9.17) is 4.74 Å². The van der Waals surface area contributed by atoms with Gasteiger partial charge in [0.1, 0.15) is 18.4 Å². The van der Waals surface area contributed by atoms with Gasteiger partial charge in [0.05, 0.1) is 13.7 Å². The quantitative estimate of drug-likeness (QED) is 0.489. The minimum absolute atomic E-state index is 0.336. The molecular formula is C26H36N4O4. The summed E-state index contributed by atoms with van der Waals surface area (Å²) in [7, 11) is 1.27. The number of nitrogens with zero attached hydrogens (tertiary/aromatic N) is 1. The van der Waals surface area contributed by atoms with Crippen molar-refractivity contribution in [2.75, 3.05) is 31.7 Å². The molecule has 1 aliphatic rings. The van der Waals surface area contributed by atoms with Crippen molar-refractivity contribution in [2.24, 2.45) is 5.41 Å². The highest BCUT2D eigenvalue weighted by molar-refractivity contribution is 5.86. The Kier molecular flexibility index (Phi) is 8.76. The van der Waals surface area contributed by atoms with Gasteiger partial charge in [0, 0.05) is 18.8 Å². The smallest absolute Gasteiger partial charge is 0.407 e. The first-order valence-corrected chi connectivity index (χ1v) is 11.7. The summed E-state index contributed by atoms with van der Waals surface area (Å²) in [5, 5.41) is 2.58. The van der Waals surface area contributed by atoms with Crippen molar-refractivity contribution in [2.45, 2.75) is 46.2 Å². The number of benzene rings is 2. The predicted octanol–water partition coefficient (Wildman–Crippen LogP) is 3.41. The fourth-order valence-electron chi connectivity index (χ4n) is 3.98. The molecule has 8 nitrogen and oxygen atoms in total. The van der Waals surface area contributed by atoms with E-state index in [1.165, 1.54) is 24.8 Å². The Balaban J connectivity index is 1.42. The van der Waals surface area contributed by atoms with E-state index in [0.29, 0.717) is 13.2 Å². The van der Waals surface area contributed by atoms with Gasteiger partial charge in [-0.05, 0) is 47.6 Å². The summed E-state index contributed by atoms with van der Waals surface area (Å²) in [6, 6.07) is 15.6. The van der Waals surface area contributed by atoms with Gasteiger partial charge in [-0.3, -0.25) is 10.2 Å². The summed E-state index contributed by atoms with van der Waals surface area (Å²) in [5.74, 6) is 0.477. The van der Waals surface area contributed by atoms with Crippen molar-refractivity contribution in [1.29, 1.82) is 0 Å². The van der Waals surface area contributed by atoms with Gasteiger partial charge in [-0.1, -0.05) is 51.1 Å². The van der Waals surface area contributed by atoms with Gasteiger partial charge >= 0.3 is 6.09 Å². The van der Waals surface area contributed by atoms with Crippen LogP contribution in [-0.4, -0.2) is 44.8 Å². The Labute approximate surface area is 202 Å². The van der Waals surface area contributed by atoms with Crippen LogP contribution in [0, 0.1) is 5.41 Å². The molecule has 184 valence electrons. The number of amides is 2. The maximum Gasteiger partial charge on any atom is 0.407 e. The summed E-state index contributed by atoms with van der Waals surface area (Å²) in [6.07, 6.45) is 1.67. The minimum Gasteiger partial charge on any atom is -0.492 e. The molecule has 0 saturated heterocycles. The first kappa shape index (κ1) is 25.4. The molecule has 0 bridgehead atoms. The van der Waals surface area contributed by atoms with Crippen LogP contribution in [0.3, 0.4) is 0 Å². The van der Waals surface area contributed by atoms with Crippen LogP contribution < -0.4 is 25.8 Å². The number of anilines is 1. The van der Waals surface area contributed by atoms with Crippen molar-refractivity contribution in [1.82, 2.24) is 16.2 Å². The lowest BCUT2D eigenvalue weighted by atomic mass is 9.86. The van der Waals surface area contributed by atoms with Crippen LogP contribution in [0.25, 0.3) is 0 Å². The highest BCUT2D eigenvalue weighted by atomic mass is 16.5. The third-order valence-corrected chi connectivity index (χ3v) is 5.84. The number of fused-ring (bicyclic) bond motifs is 1. The number of ether oxygens (including phenoxy) is 2. The lowest BCUT2D eigenvalue weighted by molar-refractivity contribution is -0.126. The monoisotopic (exact) mass is 468 g/mol. The average molecular weight is 469 g/mol. The maximum atomic E-state index is 12.5. The molecule has 0 aliphatic carbocycles. The van der Waals surface area contributed by atoms with Gasteiger partial charge in [-0.2, -0.15) is 0 Å². The number of hydrogen-bond acceptors (Lipinski definition) is 6. The van der Waals surface area contributed by atoms with Crippen LogP contribution in [-0.2, 0) is 22.5 Å². The zero-order valence-electron chi connectivity index (χ0n) is 20.5. The van der Waals surface area contributed by atoms with E-state index in [-0.39, 0.29) is 5.91 Å². The van der Waals surface area contributed by atoms with Gasteiger partial charge in [0.2, 0.25) is 0 Å². The fourth-order valence-corrected chi connectivity index (χ4v) is 3.98. The molecule has 0 radical (unpaired) electrons. The topological polar surface area (TPSA) is 91.9 Å². The van der Waals surface area contributed by atoms with Gasteiger partial charge < -0.3 is 19.7 Å². The Bertz CT molecular complexity index is 956. The third-order valence-electron chi connectivity index (χ3n) is 5.84. The van der Waals surface area contributed by atoms with Gasteiger partial charge in [-0.25, -0.2) is 10.2 Å². The molecule has 2 amide bonds. The Morgan fingerprint density at radius 1 is 1.09 bits per heavy atom. The number of nitrogens with one attached hydrogen (secondary N) is 3. The van der Waals surface area contributed by atoms with E-state index >= 15 is 0 Å². The van der Waals surface area contributed by atoms with Gasteiger partial charge in [0.25, 0.3) is 5.91 Å². The lowest BCUT2D eigenvalue weighted by Crippen LogP contribution is -2.56. The van der Waals surface area contributed by atoms with Gasteiger partial charge in [-0.15, -0.1) is 0 Å². The number of hydrogen-bond donors (Lipinski definition) is 3. The highest BCUT2D eigenvalue weighted by Gasteiger charge is 2.33. The summed E-state index contributed by atoms with van der Waals surface area (Å²) in [6.45, 7) is 8.57. The van der Waals surface area contributed by atoms with E-state index in [1.54, 1.807) is 0 Å². The molecule has 0 unspecified atom stereocenters. The van der Waals surface area contributed by atoms with Crippen LogP contribution >= 0.6 is 0 Å². The van der Waals surface area contributed by atoms with E-state index in [9.17, 15) is 9.59 Å². The highest BCUT2D eigenvalue weighted by Crippen LogP contribution is 2.26. The summed E-state index contributed by atoms with van der Waals surface area (Å²) < 4.78 is 10.6. The average Bonchev–Trinajstić information content (AvgIpc) is 2.82. The first-order valence-electron chi connectivity index (χ1n) is 11.7. The number of methoxy groups -OCH3 is 1. The molecule has 0 fully saturated rings. The maximum absolute atomic E-state index is 12.5. The molecule has 1 heterocycles. The molecule has 2 aromatic rings. The summed E-state index contributed by atoms with van der Waals surface area (Å²) in [5.41, 5.74) is 8.83. The Morgan fingerprint density at radius 2 is 1.82 bits per heavy atom. The second kappa shape index (κ2) is 11.7. The number of carbonyl (C=O) groups is 2. The van der Waals surface area contributed by atoms with Crippen LogP contribution in [0.2, 0.25) is 0 Å².